The van der Waals surface area contributed by atoms with Gasteiger partial charge < -0.3 is 24.8 Å². The fourth-order valence-electron chi connectivity index (χ4n) is 3.95. The summed E-state index contributed by atoms with van der Waals surface area (Å²) in [7, 11) is 1.43. The van der Waals surface area contributed by atoms with E-state index >= 15 is 0 Å². The van der Waals surface area contributed by atoms with Crippen LogP contribution in [0.1, 0.15) is 60.8 Å². The second-order valence-electron chi connectivity index (χ2n) is 11.1. The zero-order valence-corrected chi connectivity index (χ0v) is 26.7. The summed E-state index contributed by atoms with van der Waals surface area (Å²) < 4.78 is 15.6. The number of carbonyl (C=O) groups is 4. The van der Waals surface area contributed by atoms with E-state index in [2.05, 4.69) is 10.6 Å². The van der Waals surface area contributed by atoms with Crippen LogP contribution in [0.3, 0.4) is 0 Å². The van der Waals surface area contributed by atoms with Crippen molar-refractivity contribution < 1.29 is 33.4 Å². The summed E-state index contributed by atoms with van der Waals surface area (Å²) >= 11 is 5.87. The number of nitrogens with one attached hydrogen (secondary N) is 3. The highest BCUT2D eigenvalue weighted by molar-refractivity contribution is 6.29. The van der Waals surface area contributed by atoms with E-state index in [4.69, 9.17) is 31.7 Å². The van der Waals surface area contributed by atoms with Crippen LogP contribution in [0.2, 0.25) is 0 Å². The average molecular weight is 621 g/mol. The highest BCUT2D eigenvalue weighted by atomic mass is 35.5. The van der Waals surface area contributed by atoms with E-state index in [-0.39, 0.29) is 17.8 Å². The van der Waals surface area contributed by atoms with Gasteiger partial charge in [0.05, 0.1) is 7.11 Å². The number of amides is 3. The van der Waals surface area contributed by atoms with Gasteiger partial charge in [-0.25, -0.2) is 15.4 Å². The maximum Gasteiger partial charge on any atom is 0.421 e. The summed E-state index contributed by atoms with van der Waals surface area (Å²) in [5.41, 5.74) is 2.26. The Hall–Kier alpha value is -3.83. The molecule has 4 atom stereocenters. The average Bonchev–Trinajstić information content (AvgIpc) is 2.93. The molecule has 1 aliphatic rings. The molecule has 11 nitrogen and oxygen atoms in total. The molecule has 0 radical (unpaired) electrons. The van der Waals surface area contributed by atoms with Crippen LogP contribution < -0.4 is 21.9 Å². The van der Waals surface area contributed by atoms with E-state index in [1.807, 2.05) is 52.2 Å². The molecule has 0 bridgehead atoms. The van der Waals surface area contributed by atoms with Crippen LogP contribution in [-0.2, 0) is 28.6 Å². The van der Waals surface area contributed by atoms with Crippen molar-refractivity contribution in [3.8, 4) is 0 Å². The number of hydrogen-bond donors (Lipinski definition) is 4. The van der Waals surface area contributed by atoms with Crippen LogP contribution >= 0.6 is 11.6 Å². The molecule has 4 unspecified atom stereocenters. The minimum absolute atomic E-state index is 0.0221. The Morgan fingerprint density at radius 1 is 1.19 bits per heavy atom. The van der Waals surface area contributed by atoms with Crippen molar-refractivity contribution in [3.05, 3.63) is 71.2 Å². The molecule has 43 heavy (non-hydrogen) atoms. The normalized spacial score (nSPS) is 18.6. The first-order valence-corrected chi connectivity index (χ1v) is 14.3. The number of methoxy groups -OCH3 is 1. The highest BCUT2D eigenvalue weighted by Gasteiger charge is 2.32. The lowest BCUT2D eigenvalue weighted by molar-refractivity contribution is -0.151. The number of halogens is 1. The Morgan fingerprint density at radius 2 is 1.86 bits per heavy atom. The lowest BCUT2D eigenvalue weighted by Crippen LogP contribution is -2.52. The molecule has 3 amide bonds. The fraction of sp³-hybridized carbons (Fsp3) is 0.484. The monoisotopic (exact) mass is 620 g/mol. The quantitative estimate of drug-likeness (QED) is 0.0549. The number of hydrazine groups is 1. The number of carbonyl (C=O) groups excluding carboxylic acids is 4. The Bertz CT molecular complexity index is 1160. The number of hydrogen-bond acceptors (Lipinski definition) is 8. The molecular formula is C31H45ClN4O7. The van der Waals surface area contributed by atoms with Crippen molar-refractivity contribution in [2.24, 2.45) is 17.2 Å². The van der Waals surface area contributed by atoms with Gasteiger partial charge in [-0.3, -0.25) is 15.0 Å². The summed E-state index contributed by atoms with van der Waals surface area (Å²) in [6, 6.07) is -0.830. The minimum atomic E-state index is -0.830. The second kappa shape index (κ2) is 18.7. The van der Waals surface area contributed by atoms with E-state index in [9.17, 15) is 19.2 Å². The SMILES string of the molecule is COC1=CCC(C(C)/C=C(C)/C=C/C=C/C(=O)NC(C(=O)N/C=C\CC(C/C=C(\C)Cl)OC(=O)NN)C(C)(C)C)OC1=O. The van der Waals surface area contributed by atoms with E-state index < -0.39 is 41.4 Å². The Morgan fingerprint density at radius 3 is 2.44 bits per heavy atom. The van der Waals surface area contributed by atoms with Crippen LogP contribution in [0, 0.1) is 11.3 Å². The molecule has 1 heterocycles. The van der Waals surface area contributed by atoms with E-state index in [1.165, 1.54) is 19.4 Å². The lowest BCUT2D eigenvalue weighted by atomic mass is 9.86. The van der Waals surface area contributed by atoms with Crippen LogP contribution in [0.4, 0.5) is 4.79 Å². The van der Waals surface area contributed by atoms with Crippen molar-refractivity contribution in [3.63, 3.8) is 0 Å². The van der Waals surface area contributed by atoms with E-state index in [0.29, 0.717) is 24.3 Å². The standard InChI is InChI=1S/C31H45ClN4O7/c1-20(19-21(2)24-16-17-25(41-7)29(39)43-24)11-8-9-13-26(37)35-27(31(4,5)6)28(38)34-18-10-12-23(15-14-22(3)32)42-30(40)36-33/h8-11,13-14,17-19,21,23-24,27H,12,15-16,33H2,1-7H3,(H,34,38)(H,35,37)(H,36,40)/b11-8+,13-9+,18-10-,20-19+,22-14+. The summed E-state index contributed by atoms with van der Waals surface area (Å²) in [6.45, 7) is 11.1. The van der Waals surface area contributed by atoms with Gasteiger partial charge in [-0.1, -0.05) is 81.3 Å². The van der Waals surface area contributed by atoms with E-state index in [1.54, 1.807) is 37.3 Å². The van der Waals surface area contributed by atoms with Crippen LogP contribution in [0.5, 0.6) is 0 Å². The van der Waals surface area contributed by atoms with Gasteiger partial charge in [0.25, 0.3) is 0 Å². The smallest absolute Gasteiger partial charge is 0.421 e. The first kappa shape index (κ1) is 37.2. The third kappa shape index (κ3) is 14.8. The van der Waals surface area contributed by atoms with Crippen LogP contribution in [0.15, 0.2) is 71.2 Å². The van der Waals surface area contributed by atoms with Gasteiger partial charge >= 0.3 is 12.1 Å². The second-order valence-corrected chi connectivity index (χ2v) is 11.7. The third-order valence-electron chi connectivity index (χ3n) is 6.26. The number of cyclic esters (lactones) is 1. The molecule has 0 aromatic heterocycles. The summed E-state index contributed by atoms with van der Waals surface area (Å²) in [5, 5.41) is 5.98. The molecule has 0 aliphatic carbocycles. The van der Waals surface area contributed by atoms with Gasteiger partial charge in [-0.15, -0.1) is 0 Å². The maximum atomic E-state index is 12.9. The van der Waals surface area contributed by atoms with Crippen LogP contribution in [-0.4, -0.2) is 49.2 Å². The largest absolute Gasteiger partial charge is 0.490 e. The van der Waals surface area contributed by atoms with E-state index in [0.717, 1.165) is 5.57 Å². The first-order valence-electron chi connectivity index (χ1n) is 13.9. The summed E-state index contributed by atoms with van der Waals surface area (Å²) in [6.07, 6.45) is 14.6. The predicted molar refractivity (Wildman–Crippen MR) is 166 cm³/mol. The van der Waals surface area contributed by atoms with Crippen molar-refractivity contribution >= 4 is 35.5 Å². The topological polar surface area (TPSA) is 158 Å². The Balaban J connectivity index is 2.71. The molecule has 0 saturated heterocycles. The lowest BCUT2D eigenvalue weighted by Gasteiger charge is -2.29. The molecule has 0 spiro atoms. The van der Waals surface area contributed by atoms with Gasteiger partial charge in [0, 0.05) is 36.3 Å². The fourth-order valence-corrected chi connectivity index (χ4v) is 4.04. The van der Waals surface area contributed by atoms with Crippen molar-refractivity contribution in [2.45, 2.75) is 79.1 Å². The number of nitrogens with two attached hydrogens (primary N) is 1. The number of esters is 1. The van der Waals surface area contributed by atoms with Crippen molar-refractivity contribution in [1.29, 1.82) is 0 Å². The molecular weight excluding hydrogens is 576 g/mol. The molecule has 0 fully saturated rings. The predicted octanol–water partition coefficient (Wildman–Crippen LogP) is 4.58. The van der Waals surface area contributed by atoms with Crippen LogP contribution in [0.25, 0.3) is 0 Å². The summed E-state index contributed by atoms with van der Waals surface area (Å²) in [4.78, 5) is 48.9. The van der Waals surface area contributed by atoms with Gasteiger partial charge in [-0.05, 0) is 31.5 Å². The van der Waals surface area contributed by atoms with Gasteiger partial charge in [-0.2, -0.15) is 0 Å². The minimum Gasteiger partial charge on any atom is -0.490 e. The number of rotatable bonds is 14. The molecule has 1 aliphatic heterocycles. The Kier molecular flexibility index (Phi) is 16.1. The summed E-state index contributed by atoms with van der Waals surface area (Å²) in [5.74, 6) is 3.97. The molecule has 1 rings (SSSR count). The molecule has 12 heteroatoms. The zero-order chi connectivity index (χ0) is 32.6. The maximum absolute atomic E-state index is 12.9. The van der Waals surface area contributed by atoms with Crippen molar-refractivity contribution in [2.75, 3.05) is 7.11 Å². The Labute approximate surface area is 259 Å². The number of allylic oxidation sites excluding steroid dienone is 5. The highest BCUT2D eigenvalue weighted by Crippen LogP contribution is 2.23. The zero-order valence-electron chi connectivity index (χ0n) is 25.9. The van der Waals surface area contributed by atoms with Gasteiger partial charge in [0.1, 0.15) is 18.2 Å². The number of ether oxygens (including phenoxy) is 3. The van der Waals surface area contributed by atoms with Gasteiger partial charge in [0.2, 0.25) is 11.8 Å². The molecule has 5 N–H and O–H groups in total. The molecule has 238 valence electrons. The molecule has 0 saturated carbocycles. The molecule has 0 aromatic rings. The third-order valence-corrected chi connectivity index (χ3v) is 6.41. The van der Waals surface area contributed by atoms with Gasteiger partial charge in [0.15, 0.2) is 5.76 Å². The first-order chi connectivity index (χ1) is 20.2. The van der Waals surface area contributed by atoms with Crippen molar-refractivity contribution in [1.82, 2.24) is 16.1 Å². The molecule has 0 aromatic carbocycles.